The first-order valence-electron chi connectivity index (χ1n) is 5.79. The summed E-state index contributed by atoms with van der Waals surface area (Å²) in [5, 5.41) is 0. The minimum atomic E-state index is -0.272. The maximum Gasteiger partial charge on any atom is 0.107 e. The predicted octanol–water partition coefficient (Wildman–Crippen LogP) is 3.33. The molecule has 0 aromatic heterocycles. The third-order valence-electron chi connectivity index (χ3n) is 3.65. The fourth-order valence-corrected chi connectivity index (χ4v) is 1.82. The molecule has 1 aromatic rings. The Morgan fingerprint density at radius 1 is 1.00 bits per heavy atom. The Morgan fingerprint density at radius 3 is 2.19 bits per heavy atom. The van der Waals surface area contributed by atoms with Crippen molar-refractivity contribution in [1.29, 1.82) is 0 Å². The van der Waals surface area contributed by atoms with Crippen LogP contribution in [0.1, 0.15) is 39.4 Å². The maximum absolute atomic E-state index is 6.15. The van der Waals surface area contributed by atoms with Crippen molar-refractivity contribution in [2.24, 2.45) is 0 Å². The third kappa shape index (κ3) is 2.00. The topological polar surface area (TPSA) is 18.5 Å². The Balaban J connectivity index is 2.18. The first-order chi connectivity index (χ1) is 7.42. The van der Waals surface area contributed by atoms with Crippen LogP contribution in [0, 0.1) is 0 Å². The van der Waals surface area contributed by atoms with Crippen LogP contribution in [0.2, 0.25) is 0 Å². The summed E-state index contributed by atoms with van der Waals surface area (Å²) in [5.41, 5.74) is 0.676. The van der Waals surface area contributed by atoms with Gasteiger partial charge in [-0.2, -0.15) is 0 Å². The Kier molecular flexibility index (Phi) is 2.81. The van der Waals surface area contributed by atoms with E-state index < -0.39 is 0 Å². The normalized spacial score (nSPS) is 27.6. The van der Waals surface area contributed by atoms with E-state index in [0.29, 0.717) is 6.61 Å². The summed E-state index contributed by atoms with van der Waals surface area (Å²) >= 11 is 0. The second-order valence-electron chi connectivity index (χ2n) is 5.35. The SMILES string of the molecule is CC1(C)OCC(c2ccccc2)OC1(C)C. The van der Waals surface area contributed by atoms with Crippen LogP contribution in [0.3, 0.4) is 0 Å². The van der Waals surface area contributed by atoms with Gasteiger partial charge in [0.15, 0.2) is 0 Å². The van der Waals surface area contributed by atoms with Gasteiger partial charge >= 0.3 is 0 Å². The van der Waals surface area contributed by atoms with E-state index in [0.717, 1.165) is 0 Å². The maximum atomic E-state index is 6.15. The van der Waals surface area contributed by atoms with Crippen molar-refractivity contribution >= 4 is 0 Å². The fraction of sp³-hybridized carbons (Fsp3) is 0.571. The lowest BCUT2D eigenvalue weighted by Crippen LogP contribution is -2.54. The summed E-state index contributed by atoms with van der Waals surface area (Å²) < 4.78 is 12.1. The molecule has 2 heteroatoms. The van der Waals surface area contributed by atoms with Crippen LogP contribution in [0.25, 0.3) is 0 Å². The van der Waals surface area contributed by atoms with E-state index in [4.69, 9.17) is 9.47 Å². The van der Waals surface area contributed by atoms with E-state index in [9.17, 15) is 0 Å². The van der Waals surface area contributed by atoms with Crippen molar-refractivity contribution in [3.63, 3.8) is 0 Å². The number of rotatable bonds is 1. The Labute approximate surface area is 97.6 Å². The highest BCUT2D eigenvalue weighted by molar-refractivity contribution is 5.18. The van der Waals surface area contributed by atoms with Gasteiger partial charge in [0.25, 0.3) is 0 Å². The van der Waals surface area contributed by atoms with Crippen molar-refractivity contribution in [1.82, 2.24) is 0 Å². The van der Waals surface area contributed by atoms with E-state index in [-0.39, 0.29) is 17.3 Å². The molecule has 1 fully saturated rings. The van der Waals surface area contributed by atoms with Gasteiger partial charge in [-0.1, -0.05) is 30.3 Å². The molecule has 1 unspecified atom stereocenters. The van der Waals surface area contributed by atoms with Crippen molar-refractivity contribution in [2.75, 3.05) is 6.61 Å². The first kappa shape index (κ1) is 11.6. The van der Waals surface area contributed by atoms with Crippen molar-refractivity contribution in [3.8, 4) is 0 Å². The monoisotopic (exact) mass is 220 g/mol. The van der Waals surface area contributed by atoms with Gasteiger partial charge in [0.1, 0.15) is 6.10 Å². The molecule has 2 nitrogen and oxygen atoms in total. The van der Waals surface area contributed by atoms with Gasteiger partial charge in [-0.3, -0.25) is 0 Å². The average molecular weight is 220 g/mol. The van der Waals surface area contributed by atoms with Crippen LogP contribution in [0.5, 0.6) is 0 Å². The van der Waals surface area contributed by atoms with Crippen molar-refractivity contribution in [2.45, 2.75) is 45.0 Å². The van der Waals surface area contributed by atoms with Crippen molar-refractivity contribution in [3.05, 3.63) is 35.9 Å². The molecular formula is C14H20O2. The first-order valence-corrected chi connectivity index (χ1v) is 5.79. The van der Waals surface area contributed by atoms with Gasteiger partial charge in [-0.05, 0) is 33.3 Å². The average Bonchev–Trinajstić information content (AvgIpc) is 2.23. The minimum absolute atomic E-state index is 0.0456. The Morgan fingerprint density at radius 2 is 1.62 bits per heavy atom. The van der Waals surface area contributed by atoms with E-state index in [2.05, 4.69) is 39.8 Å². The summed E-state index contributed by atoms with van der Waals surface area (Å²) in [5.74, 6) is 0. The van der Waals surface area contributed by atoms with Gasteiger partial charge in [0.05, 0.1) is 17.8 Å². The molecule has 16 heavy (non-hydrogen) atoms. The molecule has 1 saturated heterocycles. The summed E-state index contributed by atoms with van der Waals surface area (Å²) in [4.78, 5) is 0. The second kappa shape index (κ2) is 3.86. The third-order valence-corrected chi connectivity index (χ3v) is 3.65. The van der Waals surface area contributed by atoms with Crippen LogP contribution in [-0.2, 0) is 9.47 Å². The molecule has 88 valence electrons. The van der Waals surface area contributed by atoms with Crippen molar-refractivity contribution < 1.29 is 9.47 Å². The van der Waals surface area contributed by atoms with Gasteiger partial charge in [-0.15, -0.1) is 0 Å². The van der Waals surface area contributed by atoms with Crippen LogP contribution in [-0.4, -0.2) is 17.8 Å². The molecule has 1 atom stereocenters. The van der Waals surface area contributed by atoms with E-state index in [1.165, 1.54) is 5.56 Å². The van der Waals surface area contributed by atoms with Crippen LogP contribution in [0.15, 0.2) is 30.3 Å². The number of hydrogen-bond donors (Lipinski definition) is 0. The number of benzene rings is 1. The molecule has 1 aromatic carbocycles. The van der Waals surface area contributed by atoms with E-state index >= 15 is 0 Å². The lowest BCUT2D eigenvalue weighted by molar-refractivity contribution is -0.265. The molecule has 0 bridgehead atoms. The molecule has 0 saturated carbocycles. The molecule has 1 aliphatic heterocycles. The molecular weight excluding hydrogens is 200 g/mol. The zero-order valence-corrected chi connectivity index (χ0v) is 10.5. The minimum Gasteiger partial charge on any atom is -0.370 e. The molecule has 1 aliphatic rings. The molecule has 1 heterocycles. The van der Waals surface area contributed by atoms with Gasteiger partial charge in [-0.25, -0.2) is 0 Å². The quantitative estimate of drug-likeness (QED) is 0.722. The smallest absolute Gasteiger partial charge is 0.107 e. The molecule has 0 amide bonds. The van der Waals surface area contributed by atoms with Crippen LogP contribution < -0.4 is 0 Å². The van der Waals surface area contributed by atoms with E-state index in [1.807, 2.05) is 18.2 Å². The zero-order valence-electron chi connectivity index (χ0n) is 10.5. The summed E-state index contributed by atoms with van der Waals surface area (Å²) in [6, 6.07) is 10.3. The summed E-state index contributed by atoms with van der Waals surface area (Å²) in [6.45, 7) is 8.95. The second-order valence-corrected chi connectivity index (χ2v) is 5.35. The fourth-order valence-electron chi connectivity index (χ4n) is 1.82. The number of hydrogen-bond acceptors (Lipinski definition) is 2. The molecule has 0 aliphatic carbocycles. The van der Waals surface area contributed by atoms with Crippen LogP contribution >= 0.6 is 0 Å². The van der Waals surface area contributed by atoms with Gasteiger partial charge in [0.2, 0.25) is 0 Å². The predicted molar refractivity (Wildman–Crippen MR) is 64.4 cm³/mol. The van der Waals surface area contributed by atoms with Gasteiger partial charge < -0.3 is 9.47 Å². The van der Waals surface area contributed by atoms with Gasteiger partial charge in [0, 0.05) is 0 Å². The standard InChI is InChI=1S/C14H20O2/c1-13(2)14(3,4)16-12(10-15-13)11-8-6-5-7-9-11/h5-9,12H,10H2,1-4H3. The highest BCUT2D eigenvalue weighted by Crippen LogP contribution is 2.39. The largest absolute Gasteiger partial charge is 0.370 e. The summed E-state index contributed by atoms with van der Waals surface area (Å²) in [6.07, 6.45) is 0.0456. The lowest BCUT2D eigenvalue weighted by Gasteiger charge is -2.48. The summed E-state index contributed by atoms with van der Waals surface area (Å²) in [7, 11) is 0. The molecule has 0 N–H and O–H groups in total. The highest BCUT2D eigenvalue weighted by Gasteiger charge is 2.45. The highest BCUT2D eigenvalue weighted by atomic mass is 16.6. The lowest BCUT2D eigenvalue weighted by atomic mass is 9.87. The number of ether oxygens (including phenoxy) is 2. The zero-order chi connectivity index (χ0) is 11.8. The molecule has 0 radical (unpaired) electrons. The Bertz CT molecular complexity index is 354. The van der Waals surface area contributed by atoms with Crippen LogP contribution in [0.4, 0.5) is 0 Å². The van der Waals surface area contributed by atoms with E-state index in [1.54, 1.807) is 0 Å². The molecule has 2 rings (SSSR count). The molecule has 0 spiro atoms. The Hall–Kier alpha value is -0.860.